The van der Waals surface area contributed by atoms with Crippen LogP contribution in [0, 0.1) is 5.82 Å². The topological polar surface area (TPSA) is 39.7 Å². The number of benzene rings is 1. The maximum absolute atomic E-state index is 13.4. The molecule has 0 radical (unpaired) electrons. The van der Waals surface area contributed by atoms with Gasteiger partial charge in [-0.25, -0.2) is 4.39 Å². The van der Waals surface area contributed by atoms with Crippen LogP contribution in [0.2, 0.25) is 0 Å². The lowest BCUT2D eigenvalue weighted by atomic mass is 10.0. The van der Waals surface area contributed by atoms with E-state index in [1.54, 1.807) is 24.9 Å². The number of hydrogen-bond acceptors (Lipinski definition) is 3. The van der Waals surface area contributed by atoms with Crippen LogP contribution >= 0.6 is 11.8 Å². The van der Waals surface area contributed by atoms with Crippen molar-refractivity contribution in [3.8, 4) is 0 Å². The van der Waals surface area contributed by atoms with E-state index in [9.17, 15) is 4.39 Å². The number of likely N-dealkylation sites (N-methyl/N-ethyl adjacent to an activating group) is 1. The van der Waals surface area contributed by atoms with Crippen LogP contribution in [0.15, 0.2) is 23.2 Å². The first kappa shape index (κ1) is 19.8. The molecule has 0 unspecified atom stereocenters. The van der Waals surface area contributed by atoms with E-state index in [-0.39, 0.29) is 11.4 Å². The number of nitrogens with zero attached hydrogens (tertiary/aromatic N) is 2. The van der Waals surface area contributed by atoms with E-state index in [1.165, 1.54) is 6.07 Å². The van der Waals surface area contributed by atoms with Gasteiger partial charge in [-0.3, -0.25) is 4.99 Å². The summed E-state index contributed by atoms with van der Waals surface area (Å²) in [7, 11) is 5.88. The van der Waals surface area contributed by atoms with Gasteiger partial charge in [0.15, 0.2) is 5.96 Å². The summed E-state index contributed by atoms with van der Waals surface area (Å²) in [6.45, 7) is 5.74. The monoisotopic (exact) mass is 340 g/mol. The van der Waals surface area contributed by atoms with Gasteiger partial charge < -0.3 is 15.5 Å². The van der Waals surface area contributed by atoms with Crippen LogP contribution in [-0.4, -0.2) is 50.3 Å². The summed E-state index contributed by atoms with van der Waals surface area (Å²) in [6, 6.07) is 4.95. The molecular weight excluding hydrogens is 311 g/mol. The molecule has 0 bridgehead atoms. The smallest absolute Gasteiger partial charge is 0.191 e. The zero-order valence-corrected chi connectivity index (χ0v) is 15.9. The molecule has 0 saturated carbocycles. The lowest BCUT2D eigenvalue weighted by Gasteiger charge is -2.33. The number of halogens is 1. The zero-order valence-electron chi connectivity index (χ0n) is 15.0. The fourth-order valence-corrected chi connectivity index (χ4v) is 2.49. The highest BCUT2D eigenvalue weighted by molar-refractivity contribution is 7.97. The number of nitrogens with one attached hydrogen (secondary N) is 2. The van der Waals surface area contributed by atoms with E-state index >= 15 is 0 Å². The largest absolute Gasteiger partial charge is 0.355 e. The summed E-state index contributed by atoms with van der Waals surface area (Å²) in [5.74, 6) is 1.36. The SMILES string of the molecule is CN=C(NCc1ccc(F)cc1CSC)NCC(C)(C)N(C)C. The molecule has 1 rings (SSSR count). The van der Waals surface area contributed by atoms with Crippen molar-refractivity contribution in [2.45, 2.75) is 31.7 Å². The van der Waals surface area contributed by atoms with Gasteiger partial charge in [0.25, 0.3) is 0 Å². The molecule has 1 aromatic carbocycles. The molecule has 2 N–H and O–H groups in total. The van der Waals surface area contributed by atoms with Crippen molar-refractivity contribution in [3.05, 3.63) is 35.1 Å². The van der Waals surface area contributed by atoms with Crippen LogP contribution in [0.4, 0.5) is 4.39 Å². The van der Waals surface area contributed by atoms with Crippen LogP contribution in [-0.2, 0) is 12.3 Å². The van der Waals surface area contributed by atoms with Gasteiger partial charge in [0.05, 0.1) is 0 Å². The maximum atomic E-state index is 13.4. The van der Waals surface area contributed by atoms with E-state index in [1.807, 2.05) is 12.3 Å². The molecule has 0 saturated heterocycles. The first-order chi connectivity index (χ1) is 10.8. The molecule has 0 atom stereocenters. The Morgan fingerprint density at radius 1 is 1.26 bits per heavy atom. The van der Waals surface area contributed by atoms with Gasteiger partial charge in [-0.1, -0.05) is 6.07 Å². The average molecular weight is 341 g/mol. The molecule has 4 nitrogen and oxygen atoms in total. The predicted octanol–water partition coefficient (Wildman–Crippen LogP) is 2.69. The minimum atomic E-state index is -0.187. The molecule has 0 aliphatic rings. The van der Waals surface area contributed by atoms with Gasteiger partial charge in [-0.15, -0.1) is 0 Å². The summed E-state index contributed by atoms with van der Waals surface area (Å²) in [6.07, 6.45) is 2.02. The Labute approximate surface area is 143 Å². The first-order valence-electron chi connectivity index (χ1n) is 7.68. The maximum Gasteiger partial charge on any atom is 0.191 e. The summed E-state index contributed by atoms with van der Waals surface area (Å²) in [5.41, 5.74) is 2.14. The highest BCUT2D eigenvalue weighted by atomic mass is 32.2. The Balaban J connectivity index is 2.65. The van der Waals surface area contributed by atoms with Gasteiger partial charge in [-0.05, 0) is 57.5 Å². The molecule has 0 amide bonds. The molecule has 0 heterocycles. The standard InChI is InChI=1S/C17H29FN4S/c1-17(2,22(4)5)12-21-16(19-3)20-10-13-7-8-15(18)9-14(13)11-23-6/h7-9H,10-12H2,1-6H3,(H2,19,20,21). The third-order valence-electron chi connectivity index (χ3n) is 4.04. The van der Waals surface area contributed by atoms with Gasteiger partial charge in [0.2, 0.25) is 0 Å². The Morgan fingerprint density at radius 2 is 1.96 bits per heavy atom. The Bertz CT molecular complexity index is 529. The van der Waals surface area contributed by atoms with Crippen molar-refractivity contribution in [3.63, 3.8) is 0 Å². The van der Waals surface area contributed by atoms with Crippen molar-refractivity contribution in [1.82, 2.24) is 15.5 Å². The molecule has 130 valence electrons. The van der Waals surface area contributed by atoms with Gasteiger partial charge >= 0.3 is 0 Å². The Hall–Kier alpha value is -1.27. The highest BCUT2D eigenvalue weighted by Gasteiger charge is 2.20. The highest BCUT2D eigenvalue weighted by Crippen LogP contribution is 2.16. The van der Waals surface area contributed by atoms with Gasteiger partial charge in [-0.2, -0.15) is 11.8 Å². The van der Waals surface area contributed by atoms with Crippen molar-refractivity contribution >= 4 is 17.7 Å². The Morgan fingerprint density at radius 3 is 2.52 bits per heavy atom. The van der Waals surface area contributed by atoms with Crippen molar-refractivity contribution in [1.29, 1.82) is 0 Å². The fourth-order valence-electron chi connectivity index (χ4n) is 1.91. The van der Waals surface area contributed by atoms with Crippen LogP contribution in [0.1, 0.15) is 25.0 Å². The third-order valence-corrected chi connectivity index (χ3v) is 4.64. The van der Waals surface area contributed by atoms with Crippen LogP contribution < -0.4 is 10.6 Å². The van der Waals surface area contributed by atoms with Crippen molar-refractivity contribution in [2.24, 2.45) is 4.99 Å². The fraction of sp³-hybridized carbons (Fsp3) is 0.588. The minimum Gasteiger partial charge on any atom is -0.355 e. The van der Waals surface area contributed by atoms with E-state index in [4.69, 9.17) is 0 Å². The van der Waals surface area contributed by atoms with Crippen LogP contribution in [0.3, 0.4) is 0 Å². The number of rotatable bonds is 7. The summed E-state index contributed by atoms with van der Waals surface area (Å²) in [5, 5.41) is 6.65. The van der Waals surface area contributed by atoms with E-state index in [0.29, 0.717) is 6.54 Å². The van der Waals surface area contributed by atoms with Crippen molar-refractivity contribution < 1.29 is 4.39 Å². The quantitative estimate of drug-likeness (QED) is 0.591. The van der Waals surface area contributed by atoms with E-state index < -0.39 is 0 Å². The van der Waals surface area contributed by atoms with Crippen LogP contribution in [0.5, 0.6) is 0 Å². The second-order valence-corrected chi connectivity index (χ2v) is 7.20. The number of aliphatic imine (C=N–C) groups is 1. The third kappa shape index (κ3) is 6.39. The molecule has 1 aromatic rings. The predicted molar refractivity (Wildman–Crippen MR) is 99.6 cm³/mol. The second kappa shape index (κ2) is 9.13. The Kier molecular flexibility index (Phi) is 7.85. The zero-order chi connectivity index (χ0) is 17.5. The lowest BCUT2D eigenvalue weighted by Crippen LogP contribution is -2.50. The molecule has 23 heavy (non-hydrogen) atoms. The molecule has 0 fully saturated rings. The summed E-state index contributed by atoms with van der Waals surface area (Å²) in [4.78, 5) is 6.43. The molecule has 0 spiro atoms. The normalized spacial score (nSPS) is 12.6. The number of guanidine groups is 1. The minimum absolute atomic E-state index is 0.0253. The molecular formula is C17H29FN4S. The summed E-state index contributed by atoms with van der Waals surface area (Å²) < 4.78 is 13.4. The van der Waals surface area contributed by atoms with E-state index in [0.717, 1.165) is 29.4 Å². The molecule has 0 aromatic heterocycles. The molecule has 6 heteroatoms. The molecule has 0 aliphatic heterocycles. The van der Waals surface area contributed by atoms with E-state index in [2.05, 4.69) is 48.5 Å². The lowest BCUT2D eigenvalue weighted by molar-refractivity contribution is 0.197. The number of thioether (sulfide) groups is 1. The van der Waals surface area contributed by atoms with Crippen molar-refractivity contribution in [2.75, 3.05) is 33.9 Å². The van der Waals surface area contributed by atoms with Gasteiger partial charge in [0, 0.05) is 31.4 Å². The average Bonchev–Trinajstić information content (AvgIpc) is 2.49. The number of hydrogen-bond donors (Lipinski definition) is 2. The summed E-state index contributed by atoms with van der Waals surface area (Å²) >= 11 is 1.69. The van der Waals surface area contributed by atoms with Crippen LogP contribution in [0.25, 0.3) is 0 Å². The first-order valence-corrected chi connectivity index (χ1v) is 9.07. The second-order valence-electron chi connectivity index (χ2n) is 6.33. The molecule has 0 aliphatic carbocycles. The van der Waals surface area contributed by atoms with Gasteiger partial charge in [0.1, 0.15) is 5.82 Å².